The molecule has 0 spiro atoms. The lowest BCUT2D eigenvalue weighted by molar-refractivity contribution is -0.125. The molecule has 2 aliphatic rings. The Hall–Kier alpha value is -1.54. The molecule has 2 saturated heterocycles. The van der Waals surface area contributed by atoms with E-state index < -0.39 is 0 Å². The number of amides is 2. The third-order valence-electron chi connectivity index (χ3n) is 3.54. The van der Waals surface area contributed by atoms with Crippen LogP contribution < -0.4 is 10.6 Å². The van der Waals surface area contributed by atoms with E-state index in [9.17, 15) is 9.59 Å². The summed E-state index contributed by atoms with van der Waals surface area (Å²) in [5.74, 6) is 5.87. The molecule has 0 aromatic carbocycles. The van der Waals surface area contributed by atoms with Crippen molar-refractivity contribution in [1.82, 2.24) is 15.5 Å². The van der Waals surface area contributed by atoms with Gasteiger partial charge in [-0.3, -0.25) is 14.5 Å². The minimum Gasteiger partial charge on any atom is -0.344 e. The summed E-state index contributed by atoms with van der Waals surface area (Å²) in [4.78, 5) is 25.0. The zero-order chi connectivity index (χ0) is 13.5. The second-order valence-corrected chi connectivity index (χ2v) is 5.07. The highest BCUT2D eigenvalue weighted by atomic mass is 16.2. The van der Waals surface area contributed by atoms with Crippen LogP contribution in [-0.4, -0.2) is 48.9 Å². The summed E-state index contributed by atoms with van der Waals surface area (Å²) < 4.78 is 0. The summed E-state index contributed by atoms with van der Waals surface area (Å²) in [6, 6.07) is -0.364. The van der Waals surface area contributed by atoms with Crippen molar-refractivity contribution in [3.63, 3.8) is 0 Å². The van der Waals surface area contributed by atoms with E-state index in [-0.39, 0.29) is 17.9 Å². The number of nitrogens with zero attached hydrogens (tertiary/aromatic N) is 1. The standard InChI is InChI=1S/C14H21N3O2/c18-13-7-6-12(16-13)14(19)15-8-2-5-11-17-9-3-1-4-10-17/h12H,1,3-4,6-11H2,(H,15,19)(H,16,18). The van der Waals surface area contributed by atoms with Gasteiger partial charge in [0.25, 0.3) is 0 Å². The molecule has 1 unspecified atom stereocenters. The summed E-state index contributed by atoms with van der Waals surface area (Å²) >= 11 is 0. The van der Waals surface area contributed by atoms with Crippen molar-refractivity contribution in [2.24, 2.45) is 0 Å². The van der Waals surface area contributed by atoms with Gasteiger partial charge in [0.1, 0.15) is 6.04 Å². The van der Waals surface area contributed by atoms with Crippen molar-refractivity contribution in [2.45, 2.75) is 38.1 Å². The van der Waals surface area contributed by atoms with Gasteiger partial charge in [0.2, 0.25) is 11.8 Å². The monoisotopic (exact) mass is 263 g/mol. The number of likely N-dealkylation sites (tertiary alicyclic amines) is 1. The SMILES string of the molecule is O=C1CCC(C(=O)NCC#CCN2CCCCC2)N1. The van der Waals surface area contributed by atoms with Gasteiger partial charge in [0, 0.05) is 6.42 Å². The number of piperidine rings is 1. The minimum absolute atomic E-state index is 0.0451. The first kappa shape index (κ1) is 13.9. The molecule has 0 aliphatic carbocycles. The molecule has 104 valence electrons. The van der Waals surface area contributed by atoms with Gasteiger partial charge in [-0.05, 0) is 32.4 Å². The molecule has 0 saturated carbocycles. The highest BCUT2D eigenvalue weighted by Crippen LogP contribution is 2.07. The number of hydrogen-bond donors (Lipinski definition) is 2. The number of carbonyl (C=O) groups is 2. The minimum atomic E-state index is -0.364. The molecular weight excluding hydrogens is 242 g/mol. The quantitative estimate of drug-likeness (QED) is 0.697. The van der Waals surface area contributed by atoms with Crippen LogP contribution in [0.15, 0.2) is 0 Å². The van der Waals surface area contributed by atoms with Crippen molar-refractivity contribution in [3.05, 3.63) is 0 Å². The molecule has 2 aliphatic heterocycles. The van der Waals surface area contributed by atoms with Crippen LogP contribution in [0, 0.1) is 11.8 Å². The Bertz CT molecular complexity index is 391. The van der Waals surface area contributed by atoms with Gasteiger partial charge in [-0.2, -0.15) is 0 Å². The first-order valence-electron chi connectivity index (χ1n) is 7.01. The second-order valence-electron chi connectivity index (χ2n) is 5.07. The van der Waals surface area contributed by atoms with Gasteiger partial charge in [-0.1, -0.05) is 18.3 Å². The molecule has 0 aromatic heterocycles. The molecule has 2 fully saturated rings. The van der Waals surface area contributed by atoms with Crippen LogP contribution in [0.1, 0.15) is 32.1 Å². The number of rotatable bonds is 3. The largest absolute Gasteiger partial charge is 0.344 e. The van der Waals surface area contributed by atoms with E-state index >= 15 is 0 Å². The summed E-state index contributed by atoms with van der Waals surface area (Å²) in [6.07, 6.45) is 4.89. The van der Waals surface area contributed by atoms with Crippen LogP contribution in [0.25, 0.3) is 0 Å². The maximum atomic E-state index is 11.7. The summed E-state index contributed by atoms with van der Waals surface area (Å²) in [5, 5.41) is 5.38. The van der Waals surface area contributed by atoms with Crippen LogP contribution in [0.4, 0.5) is 0 Å². The Morgan fingerprint density at radius 1 is 1.32 bits per heavy atom. The Labute approximate surface area is 114 Å². The third-order valence-corrected chi connectivity index (χ3v) is 3.54. The van der Waals surface area contributed by atoms with Crippen molar-refractivity contribution in [1.29, 1.82) is 0 Å². The van der Waals surface area contributed by atoms with Crippen LogP contribution in [0.3, 0.4) is 0 Å². The Balaban J connectivity index is 1.60. The van der Waals surface area contributed by atoms with E-state index in [2.05, 4.69) is 27.4 Å². The van der Waals surface area contributed by atoms with Gasteiger partial charge in [-0.25, -0.2) is 0 Å². The number of hydrogen-bond acceptors (Lipinski definition) is 3. The van der Waals surface area contributed by atoms with E-state index in [4.69, 9.17) is 0 Å². The van der Waals surface area contributed by atoms with Crippen LogP contribution in [0.5, 0.6) is 0 Å². The highest BCUT2D eigenvalue weighted by molar-refractivity contribution is 5.90. The molecule has 2 N–H and O–H groups in total. The molecule has 2 amide bonds. The first-order chi connectivity index (χ1) is 9.25. The van der Waals surface area contributed by atoms with E-state index in [0.29, 0.717) is 19.4 Å². The number of carbonyl (C=O) groups excluding carboxylic acids is 2. The lowest BCUT2D eigenvalue weighted by Gasteiger charge is -2.23. The predicted molar refractivity (Wildman–Crippen MR) is 72.2 cm³/mol. The fourth-order valence-corrected chi connectivity index (χ4v) is 2.41. The Morgan fingerprint density at radius 2 is 2.11 bits per heavy atom. The van der Waals surface area contributed by atoms with E-state index in [1.165, 1.54) is 19.3 Å². The van der Waals surface area contributed by atoms with E-state index in [1.807, 2.05) is 0 Å². The van der Waals surface area contributed by atoms with Crippen molar-refractivity contribution >= 4 is 11.8 Å². The first-order valence-corrected chi connectivity index (χ1v) is 7.01. The van der Waals surface area contributed by atoms with Crippen molar-refractivity contribution in [3.8, 4) is 11.8 Å². The van der Waals surface area contributed by atoms with E-state index in [1.54, 1.807) is 0 Å². The Morgan fingerprint density at radius 3 is 2.79 bits per heavy atom. The van der Waals surface area contributed by atoms with Crippen LogP contribution >= 0.6 is 0 Å². The molecule has 2 rings (SSSR count). The summed E-state index contributed by atoms with van der Waals surface area (Å²) in [6.45, 7) is 3.42. The predicted octanol–water partition coefficient (Wildman–Crippen LogP) is -0.129. The third kappa shape index (κ3) is 4.56. The van der Waals surface area contributed by atoms with Crippen molar-refractivity contribution < 1.29 is 9.59 Å². The maximum absolute atomic E-state index is 11.7. The number of nitrogens with one attached hydrogen (secondary N) is 2. The fraction of sp³-hybridized carbons (Fsp3) is 0.714. The molecule has 19 heavy (non-hydrogen) atoms. The summed E-state index contributed by atoms with van der Waals surface area (Å²) in [7, 11) is 0. The maximum Gasteiger partial charge on any atom is 0.243 e. The normalized spacial score (nSPS) is 23.4. The fourth-order valence-electron chi connectivity index (χ4n) is 2.41. The second kappa shape index (κ2) is 7.15. The molecule has 0 aromatic rings. The van der Waals surface area contributed by atoms with Gasteiger partial charge in [0.05, 0.1) is 13.1 Å². The molecule has 5 nitrogen and oxygen atoms in total. The molecule has 0 radical (unpaired) electrons. The summed E-state index contributed by atoms with van der Waals surface area (Å²) in [5.41, 5.74) is 0. The molecule has 5 heteroatoms. The van der Waals surface area contributed by atoms with Crippen molar-refractivity contribution in [2.75, 3.05) is 26.2 Å². The van der Waals surface area contributed by atoms with Gasteiger partial charge in [0.15, 0.2) is 0 Å². The lowest BCUT2D eigenvalue weighted by Crippen LogP contribution is -2.41. The topological polar surface area (TPSA) is 61.4 Å². The molecular formula is C14H21N3O2. The van der Waals surface area contributed by atoms with Gasteiger partial charge >= 0.3 is 0 Å². The average molecular weight is 263 g/mol. The zero-order valence-corrected chi connectivity index (χ0v) is 11.2. The van der Waals surface area contributed by atoms with Gasteiger partial charge in [-0.15, -0.1) is 0 Å². The van der Waals surface area contributed by atoms with Crippen LogP contribution in [0.2, 0.25) is 0 Å². The molecule has 2 heterocycles. The van der Waals surface area contributed by atoms with E-state index in [0.717, 1.165) is 19.6 Å². The average Bonchev–Trinajstić information content (AvgIpc) is 2.86. The lowest BCUT2D eigenvalue weighted by atomic mass is 10.1. The van der Waals surface area contributed by atoms with Crippen LogP contribution in [-0.2, 0) is 9.59 Å². The highest BCUT2D eigenvalue weighted by Gasteiger charge is 2.26. The smallest absolute Gasteiger partial charge is 0.243 e. The zero-order valence-electron chi connectivity index (χ0n) is 11.2. The molecule has 1 atom stereocenters. The molecule has 0 bridgehead atoms. The van der Waals surface area contributed by atoms with Gasteiger partial charge < -0.3 is 10.6 Å². The Kier molecular flexibility index (Phi) is 5.22.